The topological polar surface area (TPSA) is 67.9 Å². The lowest BCUT2D eigenvalue weighted by molar-refractivity contribution is 0.430. The van der Waals surface area contributed by atoms with E-state index in [1.165, 1.54) is 31.2 Å². The predicted octanol–water partition coefficient (Wildman–Crippen LogP) is 3.88. The lowest BCUT2D eigenvalue weighted by Gasteiger charge is -2.20. The molecule has 0 radical (unpaired) electrons. The monoisotopic (exact) mass is 335 g/mol. The summed E-state index contributed by atoms with van der Waals surface area (Å²) in [7, 11) is 0. The summed E-state index contributed by atoms with van der Waals surface area (Å²) in [6.45, 7) is 4.14. The van der Waals surface area contributed by atoms with Crippen molar-refractivity contribution in [3.63, 3.8) is 0 Å². The summed E-state index contributed by atoms with van der Waals surface area (Å²) in [6.07, 6.45) is 5.03. The van der Waals surface area contributed by atoms with Gasteiger partial charge in [0.15, 0.2) is 11.5 Å². The van der Waals surface area contributed by atoms with E-state index in [1.807, 2.05) is 43.3 Å². The Balaban J connectivity index is 1.53. The second-order valence-electron chi connectivity index (χ2n) is 6.47. The first-order chi connectivity index (χ1) is 12.3. The third-order valence-electron chi connectivity index (χ3n) is 4.54. The summed E-state index contributed by atoms with van der Waals surface area (Å²) in [5.74, 6) is 1.88. The molecule has 6 nitrogen and oxygen atoms in total. The van der Waals surface area contributed by atoms with Crippen LogP contribution in [0.2, 0.25) is 0 Å². The Morgan fingerprint density at radius 3 is 2.32 bits per heavy atom. The molecule has 0 bridgehead atoms. The van der Waals surface area contributed by atoms with Crippen molar-refractivity contribution in [2.45, 2.75) is 32.6 Å². The summed E-state index contributed by atoms with van der Waals surface area (Å²) in [5.41, 5.74) is 2.72. The molecule has 2 aromatic heterocycles. The average molecular weight is 335 g/mol. The molecule has 3 heterocycles. The van der Waals surface area contributed by atoms with Gasteiger partial charge in [-0.25, -0.2) is 0 Å². The highest BCUT2D eigenvalue weighted by atomic mass is 16.5. The van der Waals surface area contributed by atoms with Crippen molar-refractivity contribution < 1.29 is 4.52 Å². The van der Waals surface area contributed by atoms with Crippen LogP contribution in [0.25, 0.3) is 23.0 Å². The zero-order valence-electron chi connectivity index (χ0n) is 14.4. The van der Waals surface area contributed by atoms with E-state index in [-0.39, 0.29) is 0 Å². The predicted molar refractivity (Wildman–Crippen MR) is 96.2 cm³/mol. The highest BCUT2D eigenvalue weighted by molar-refractivity contribution is 5.58. The van der Waals surface area contributed by atoms with Gasteiger partial charge in [-0.2, -0.15) is 4.98 Å². The van der Waals surface area contributed by atoms with Crippen LogP contribution in [0.15, 0.2) is 40.9 Å². The molecule has 128 valence electrons. The minimum absolute atomic E-state index is 0.394. The van der Waals surface area contributed by atoms with Crippen molar-refractivity contribution in [3.05, 3.63) is 42.0 Å². The number of benzene rings is 1. The molecule has 25 heavy (non-hydrogen) atoms. The van der Waals surface area contributed by atoms with Gasteiger partial charge in [0.05, 0.1) is 0 Å². The van der Waals surface area contributed by atoms with Crippen molar-refractivity contribution in [1.82, 2.24) is 20.3 Å². The molecule has 1 aliphatic rings. The quantitative estimate of drug-likeness (QED) is 0.723. The van der Waals surface area contributed by atoms with Gasteiger partial charge in [0, 0.05) is 18.7 Å². The van der Waals surface area contributed by atoms with Crippen molar-refractivity contribution in [2.24, 2.45) is 0 Å². The fourth-order valence-electron chi connectivity index (χ4n) is 3.06. The number of aromatic nitrogens is 4. The average Bonchev–Trinajstić information content (AvgIpc) is 2.98. The van der Waals surface area contributed by atoms with Gasteiger partial charge >= 0.3 is 0 Å². The minimum atomic E-state index is 0.394. The maximum atomic E-state index is 5.36. The molecule has 0 N–H and O–H groups in total. The van der Waals surface area contributed by atoms with Gasteiger partial charge < -0.3 is 9.42 Å². The molecule has 1 aliphatic heterocycles. The van der Waals surface area contributed by atoms with Gasteiger partial charge in [-0.15, -0.1) is 10.2 Å². The third kappa shape index (κ3) is 3.52. The molecular formula is C19H21N5O. The Bertz CT molecular complexity index is 818. The lowest BCUT2D eigenvalue weighted by atomic mass is 10.1. The molecule has 0 saturated carbocycles. The molecule has 0 amide bonds. The molecular weight excluding hydrogens is 314 g/mol. The molecule has 4 rings (SSSR count). The first kappa shape index (κ1) is 15.7. The number of hydrogen-bond donors (Lipinski definition) is 0. The Morgan fingerprint density at radius 2 is 1.64 bits per heavy atom. The van der Waals surface area contributed by atoms with E-state index in [9.17, 15) is 0 Å². The van der Waals surface area contributed by atoms with Crippen LogP contribution < -0.4 is 4.90 Å². The summed E-state index contributed by atoms with van der Waals surface area (Å²) < 4.78 is 5.36. The summed E-state index contributed by atoms with van der Waals surface area (Å²) in [6, 6.07) is 11.9. The Labute approximate surface area is 146 Å². The number of nitrogens with zero attached hydrogens (tertiary/aromatic N) is 5. The number of hydrogen-bond acceptors (Lipinski definition) is 6. The standard InChI is InChI=1S/C19H21N5O/c1-14-6-8-15(9-7-14)18-20-19(25-23-18)16-10-11-17(22-21-16)24-12-4-2-3-5-13-24/h6-11H,2-5,12-13H2,1H3. The van der Waals surface area contributed by atoms with E-state index in [2.05, 4.69) is 25.2 Å². The molecule has 6 heteroatoms. The van der Waals surface area contributed by atoms with E-state index in [0.717, 1.165) is 24.5 Å². The second kappa shape index (κ2) is 7.01. The van der Waals surface area contributed by atoms with E-state index in [4.69, 9.17) is 4.52 Å². The number of anilines is 1. The zero-order chi connectivity index (χ0) is 17.1. The van der Waals surface area contributed by atoms with Crippen LogP contribution in [0, 0.1) is 6.92 Å². The van der Waals surface area contributed by atoms with Gasteiger partial charge in [0.2, 0.25) is 5.82 Å². The van der Waals surface area contributed by atoms with E-state index < -0.39 is 0 Å². The zero-order valence-corrected chi connectivity index (χ0v) is 14.4. The maximum Gasteiger partial charge on any atom is 0.278 e. The van der Waals surface area contributed by atoms with Crippen LogP contribution in [0.4, 0.5) is 5.82 Å². The van der Waals surface area contributed by atoms with Crippen molar-refractivity contribution in [3.8, 4) is 23.0 Å². The molecule has 0 spiro atoms. The normalized spacial score (nSPS) is 15.2. The van der Waals surface area contributed by atoms with Gasteiger partial charge in [-0.1, -0.05) is 47.8 Å². The van der Waals surface area contributed by atoms with E-state index >= 15 is 0 Å². The van der Waals surface area contributed by atoms with Gasteiger partial charge in [0.25, 0.3) is 5.89 Å². The summed E-state index contributed by atoms with van der Waals surface area (Å²) >= 11 is 0. The molecule has 1 saturated heterocycles. The first-order valence-electron chi connectivity index (χ1n) is 8.79. The number of rotatable bonds is 3. The molecule has 3 aromatic rings. The Hall–Kier alpha value is -2.76. The largest absolute Gasteiger partial charge is 0.355 e. The van der Waals surface area contributed by atoms with Crippen LogP contribution >= 0.6 is 0 Å². The molecule has 0 atom stereocenters. The van der Waals surface area contributed by atoms with Gasteiger partial charge in [-0.05, 0) is 31.9 Å². The second-order valence-corrected chi connectivity index (χ2v) is 6.47. The van der Waals surface area contributed by atoms with Crippen LogP contribution in [0.1, 0.15) is 31.2 Å². The molecule has 1 aromatic carbocycles. The van der Waals surface area contributed by atoms with Crippen molar-refractivity contribution in [2.75, 3.05) is 18.0 Å². The smallest absolute Gasteiger partial charge is 0.278 e. The van der Waals surface area contributed by atoms with Gasteiger partial charge in [-0.3, -0.25) is 0 Å². The maximum absolute atomic E-state index is 5.36. The molecule has 0 unspecified atom stereocenters. The highest BCUT2D eigenvalue weighted by Gasteiger charge is 2.15. The van der Waals surface area contributed by atoms with E-state index in [1.54, 1.807) is 0 Å². The fourth-order valence-corrected chi connectivity index (χ4v) is 3.06. The van der Waals surface area contributed by atoms with Crippen LogP contribution in [-0.4, -0.2) is 33.4 Å². The molecule has 1 fully saturated rings. The summed E-state index contributed by atoms with van der Waals surface area (Å²) in [5, 5.41) is 12.7. The van der Waals surface area contributed by atoms with Crippen LogP contribution in [-0.2, 0) is 0 Å². The van der Waals surface area contributed by atoms with Crippen LogP contribution in [0.3, 0.4) is 0 Å². The number of aryl methyl sites for hydroxylation is 1. The Morgan fingerprint density at radius 1 is 0.880 bits per heavy atom. The van der Waals surface area contributed by atoms with Crippen LogP contribution in [0.5, 0.6) is 0 Å². The highest BCUT2D eigenvalue weighted by Crippen LogP contribution is 2.22. The van der Waals surface area contributed by atoms with E-state index in [0.29, 0.717) is 17.4 Å². The fraction of sp³-hybridized carbons (Fsp3) is 0.368. The third-order valence-corrected chi connectivity index (χ3v) is 4.54. The first-order valence-corrected chi connectivity index (χ1v) is 8.79. The SMILES string of the molecule is Cc1ccc(-c2noc(-c3ccc(N4CCCCCC4)nn3)n2)cc1. The Kier molecular flexibility index (Phi) is 4.41. The van der Waals surface area contributed by atoms with Crippen molar-refractivity contribution >= 4 is 5.82 Å². The minimum Gasteiger partial charge on any atom is -0.355 e. The molecule has 0 aliphatic carbocycles. The lowest BCUT2D eigenvalue weighted by Crippen LogP contribution is -2.25. The van der Waals surface area contributed by atoms with Gasteiger partial charge in [0.1, 0.15) is 0 Å². The van der Waals surface area contributed by atoms with Crippen molar-refractivity contribution in [1.29, 1.82) is 0 Å². The summed E-state index contributed by atoms with van der Waals surface area (Å²) in [4.78, 5) is 6.74.